The summed E-state index contributed by atoms with van der Waals surface area (Å²) in [5, 5.41) is 0. The molecule has 0 unspecified atom stereocenters. The highest BCUT2D eigenvalue weighted by atomic mass is 16.5. The lowest BCUT2D eigenvalue weighted by molar-refractivity contribution is 0.103. The van der Waals surface area contributed by atoms with Crippen molar-refractivity contribution in [2.45, 2.75) is 13.5 Å². The first-order valence-corrected chi connectivity index (χ1v) is 5.14. The van der Waals surface area contributed by atoms with Gasteiger partial charge in [0, 0.05) is 5.92 Å². The summed E-state index contributed by atoms with van der Waals surface area (Å²) in [6, 6.07) is 10.2. The first kappa shape index (κ1) is 11.8. The zero-order chi connectivity index (χ0) is 10.9. The molecule has 0 spiro atoms. The molecule has 0 amide bonds. The smallest absolute Gasteiger partial charge is 0.0788 e. The molecule has 0 aliphatic rings. The van der Waals surface area contributed by atoms with Crippen LogP contribution in [0.15, 0.2) is 42.7 Å². The summed E-state index contributed by atoms with van der Waals surface area (Å²) < 4.78 is 10.4. The quantitative estimate of drug-likeness (QED) is 0.666. The zero-order valence-electron chi connectivity index (χ0n) is 9.35. The molecule has 1 rings (SSSR count). The van der Waals surface area contributed by atoms with E-state index in [1.165, 1.54) is 5.56 Å². The second-order valence-electron chi connectivity index (χ2n) is 3.54. The predicted octanol–water partition coefficient (Wildman–Crippen LogP) is 3.00. The molecular formula is C13H18O2. The molecule has 0 fully saturated rings. The van der Waals surface area contributed by atoms with Crippen molar-refractivity contribution in [2.24, 2.45) is 5.92 Å². The first-order valence-electron chi connectivity index (χ1n) is 5.14. The van der Waals surface area contributed by atoms with Gasteiger partial charge in [0.15, 0.2) is 0 Å². The van der Waals surface area contributed by atoms with Gasteiger partial charge in [-0.25, -0.2) is 0 Å². The summed E-state index contributed by atoms with van der Waals surface area (Å²) in [5.41, 5.74) is 1.21. The largest absolute Gasteiger partial charge is 0.505 e. The maximum Gasteiger partial charge on any atom is 0.0788 e. The predicted molar refractivity (Wildman–Crippen MR) is 61.4 cm³/mol. The molecule has 2 nitrogen and oxygen atoms in total. The minimum atomic E-state index is 0.383. The van der Waals surface area contributed by atoms with Crippen molar-refractivity contribution in [1.29, 1.82) is 0 Å². The molecular weight excluding hydrogens is 188 g/mol. The van der Waals surface area contributed by atoms with E-state index in [1.807, 2.05) is 24.3 Å². The van der Waals surface area contributed by atoms with Gasteiger partial charge in [0.2, 0.25) is 0 Å². The van der Waals surface area contributed by atoms with E-state index < -0.39 is 0 Å². The van der Waals surface area contributed by atoms with Gasteiger partial charge < -0.3 is 9.47 Å². The molecule has 0 aliphatic carbocycles. The van der Waals surface area contributed by atoms with Gasteiger partial charge in [0.25, 0.3) is 0 Å². The van der Waals surface area contributed by atoms with Gasteiger partial charge in [0.05, 0.1) is 26.6 Å². The zero-order valence-corrected chi connectivity index (χ0v) is 9.35. The summed E-state index contributed by atoms with van der Waals surface area (Å²) in [5.74, 6) is 0.383. The van der Waals surface area contributed by atoms with Gasteiger partial charge in [-0.1, -0.05) is 37.3 Å². The van der Waals surface area contributed by atoms with Crippen molar-refractivity contribution in [3.63, 3.8) is 0 Å². The van der Waals surface area contributed by atoms with Crippen molar-refractivity contribution in [1.82, 2.24) is 0 Å². The molecule has 0 aliphatic heterocycles. The molecule has 0 saturated heterocycles. The van der Waals surface area contributed by atoms with Gasteiger partial charge in [-0.15, -0.1) is 0 Å². The topological polar surface area (TPSA) is 18.5 Å². The van der Waals surface area contributed by atoms with Gasteiger partial charge >= 0.3 is 0 Å². The second-order valence-corrected chi connectivity index (χ2v) is 3.54. The van der Waals surface area contributed by atoms with Crippen LogP contribution in [0.4, 0.5) is 0 Å². The van der Waals surface area contributed by atoms with Crippen molar-refractivity contribution in [3.05, 3.63) is 48.2 Å². The van der Waals surface area contributed by atoms with Crippen LogP contribution in [0, 0.1) is 5.92 Å². The molecule has 0 radical (unpaired) electrons. The number of rotatable bonds is 6. The lowest BCUT2D eigenvalue weighted by Gasteiger charge is -2.07. The van der Waals surface area contributed by atoms with Crippen molar-refractivity contribution < 1.29 is 9.47 Å². The summed E-state index contributed by atoms with van der Waals surface area (Å²) in [6.07, 6.45) is 3.68. The summed E-state index contributed by atoms with van der Waals surface area (Å²) in [6.45, 7) is 3.49. The Hall–Kier alpha value is -1.28. The average molecular weight is 206 g/mol. The van der Waals surface area contributed by atoms with E-state index in [0.29, 0.717) is 12.5 Å². The molecule has 0 bridgehead atoms. The van der Waals surface area contributed by atoms with Crippen molar-refractivity contribution in [3.8, 4) is 0 Å². The fraction of sp³-hybridized carbons (Fsp3) is 0.385. The molecule has 1 aromatic carbocycles. The summed E-state index contributed by atoms with van der Waals surface area (Å²) >= 11 is 0. The Labute approximate surface area is 91.5 Å². The maximum absolute atomic E-state index is 5.57. The van der Waals surface area contributed by atoms with Crippen LogP contribution in [0.1, 0.15) is 12.5 Å². The van der Waals surface area contributed by atoms with Crippen LogP contribution in [-0.2, 0) is 16.1 Å². The number of benzene rings is 1. The van der Waals surface area contributed by atoms with Crippen LogP contribution >= 0.6 is 0 Å². The minimum Gasteiger partial charge on any atom is -0.505 e. The van der Waals surface area contributed by atoms with E-state index in [4.69, 9.17) is 9.47 Å². The maximum atomic E-state index is 5.57. The van der Waals surface area contributed by atoms with Gasteiger partial charge in [-0.2, -0.15) is 0 Å². The highest BCUT2D eigenvalue weighted by Crippen LogP contribution is 2.04. The Bertz CT molecular complexity index is 280. The van der Waals surface area contributed by atoms with Crippen LogP contribution in [-0.4, -0.2) is 13.7 Å². The lowest BCUT2D eigenvalue weighted by atomic mass is 10.2. The number of ether oxygens (including phenoxy) is 2. The fourth-order valence-electron chi connectivity index (χ4n) is 1.21. The fourth-order valence-corrected chi connectivity index (χ4v) is 1.21. The van der Waals surface area contributed by atoms with E-state index >= 15 is 0 Å². The molecule has 82 valence electrons. The molecule has 1 aromatic rings. The standard InChI is InChI=1S/C13H18O2/c1-12(8-9-14-2)10-15-11-13-6-4-3-5-7-13/h3-9,12H,10-11H2,1-2H3/t12-/m0/s1. The Morgan fingerprint density at radius 1 is 1.27 bits per heavy atom. The summed E-state index contributed by atoms with van der Waals surface area (Å²) in [7, 11) is 1.65. The molecule has 2 heteroatoms. The molecule has 0 aromatic heterocycles. The van der Waals surface area contributed by atoms with Crippen LogP contribution < -0.4 is 0 Å². The van der Waals surface area contributed by atoms with Crippen LogP contribution in [0.3, 0.4) is 0 Å². The number of hydrogen-bond donors (Lipinski definition) is 0. The summed E-state index contributed by atoms with van der Waals surface area (Å²) in [4.78, 5) is 0. The van der Waals surface area contributed by atoms with Crippen LogP contribution in [0.25, 0.3) is 0 Å². The molecule has 1 atom stereocenters. The minimum absolute atomic E-state index is 0.383. The molecule has 0 N–H and O–H groups in total. The van der Waals surface area contributed by atoms with Gasteiger partial charge in [-0.3, -0.25) is 0 Å². The highest BCUT2D eigenvalue weighted by molar-refractivity contribution is 5.13. The molecule has 0 heterocycles. The Balaban J connectivity index is 2.19. The lowest BCUT2D eigenvalue weighted by Crippen LogP contribution is -2.03. The van der Waals surface area contributed by atoms with Crippen LogP contribution in [0.5, 0.6) is 0 Å². The SMILES string of the molecule is COC=C[C@H](C)COCc1ccccc1. The van der Waals surface area contributed by atoms with Crippen molar-refractivity contribution >= 4 is 0 Å². The Kier molecular flexibility index (Phi) is 5.56. The normalized spacial score (nSPS) is 12.9. The Morgan fingerprint density at radius 3 is 2.67 bits per heavy atom. The first-order chi connectivity index (χ1) is 7.33. The van der Waals surface area contributed by atoms with Crippen LogP contribution in [0.2, 0.25) is 0 Å². The third-order valence-corrected chi connectivity index (χ3v) is 2.04. The van der Waals surface area contributed by atoms with E-state index in [9.17, 15) is 0 Å². The molecule has 0 saturated carbocycles. The van der Waals surface area contributed by atoms with Gasteiger partial charge in [0.1, 0.15) is 0 Å². The van der Waals surface area contributed by atoms with E-state index in [1.54, 1.807) is 13.4 Å². The highest BCUT2D eigenvalue weighted by Gasteiger charge is 1.97. The Morgan fingerprint density at radius 2 is 2.00 bits per heavy atom. The number of methoxy groups -OCH3 is 1. The van der Waals surface area contributed by atoms with E-state index in [0.717, 1.165) is 6.61 Å². The van der Waals surface area contributed by atoms with E-state index in [2.05, 4.69) is 19.1 Å². The second kappa shape index (κ2) is 7.07. The third kappa shape index (κ3) is 5.23. The average Bonchev–Trinajstić information content (AvgIpc) is 2.28. The third-order valence-electron chi connectivity index (χ3n) is 2.04. The molecule has 15 heavy (non-hydrogen) atoms. The van der Waals surface area contributed by atoms with Crippen molar-refractivity contribution in [2.75, 3.05) is 13.7 Å². The van der Waals surface area contributed by atoms with E-state index in [-0.39, 0.29) is 0 Å². The van der Waals surface area contributed by atoms with Gasteiger partial charge in [-0.05, 0) is 11.6 Å². The number of hydrogen-bond acceptors (Lipinski definition) is 2. The monoisotopic (exact) mass is 206 g/mol.